The Hall–Kier alpha value is -1.81. The smallest absolute Gasteiger partial charge is 0.261 e. The zero-order chi connectivity index (χ0) is 19.5. The second-order valence-corrected chi connectivity index (χ2v) is 11.3. The van der Waals surface area contributed by atoms with Crippen molar-refractivity contribution in [2.75, 3.05) is 4.72 Å². The molecule has 0 amide bonds. The van der Waals surface area contributed by atoms with Gasteiger partial charge < -0.3 is 0 Å². The molecule has 0 aliphatic heterocycles. The predicted molar refractivity (Wildman–Crippen MR) is 113 cm³/mol. The first-order chi connectivity index (χ1) is 13.3. The Bertz CT molecular complexity index is 972. The van der Waals surface area contributed by atoms with E-state index in [1.54, 1.807) is 12.1 Å². The number of rotatable bonds is 4. The molecule has 0 saturated heterocycles. The molecule has 4 fully saturated rings. The lowest BCUT2D eigenvalue weighted by Gasteiger charge is -2.57. The molecule has 4 bridgehead atoms. The van der Waals surface area contributed by atoms with Crippen molar-refractivity contribution >= 4 is 15.7 Å². The Balaban J connectivity index is 1.48. The highest BCUT2D eigenvalue weighted by Gasteiger charge is 2.51. The quantitative estimate of drug-likeness (QED) is 0.735. The van der Waals surface area contributed by atoms with Gasteiger partial charge >= 0.3 is 0 Å². The van der Waals surface area contributed by atoms with Crippen molar-refractivity contribution in [3.63, 3.8) is 0 Å². The Morgan fingerprint density at radius 3 is 2.00 bits per heavy atom. The number of benzene rings is 2. The van der Waals surface area contributed by atoms with E-state index in [9.17, 15) is 8.42 Å². The van der Waals surface area contributed by atoms with Gasteiger partial charge in [0.2, 0.25) is 0 Å². The Kier molecular flexibility index (Phi) is 4.13. The van der Waals surface area contributed by atoms with Crippen molar-refractivity contribution in [2.24, 2.45) is 17.8 Å². The molecule has 0 spiro atoms. The first-order valence-corrected chi connectivity index (χ1v) is 12.0. The number of hydrogen-bond acceptors (Lipinski definition) is 2. The minimum Gasteiger partial charge on any atom is -0.279 e. The third-order valence-corrected chi connectivity index (χ3v) is 8.85. The summed E-state index contributed by atoms with van der Waals surface area (Å²) in [5, 5.41) is 0. The molecule has 0 aromatic heterocycles. The minimum atomic E-state index is -3.58. The minimum absolute atomic E-state index is 0.270. The predicted octanol–water partition coefficient (Wildman–Crippen LogP) is 5.57. The number of aryl methyl sites for hydroxylation is 2. The van der Waals surface area contributed by atoms with Gasteiger partial charge in [0.05, 0.1) is 10.6 Å². The highest BCUT2D eigenvalue weighted by Crippen LogP contribution is 2.60. The molecule has 0 atom stereocenters. The molecule has 2 aromatic rings. The number of hydrogen-bond donors (Lipinski definition) is 1. The van der Waals surface area contributed by atoms with Gasteiger partial charge in [-0.25, -0.2) is 8.42 Å². The Morgan fingerprint density at radius 1 is 0.857 bits per heavy atom. The summed E-state index contributed by atoms with van der Waals surface area (Å²) in [6.07, 6.45) is 8.10. The van der Waals surface area contributed by atoms with Crippen molar-refractivity contribution in [3.8, 4) is 0 Å². The van der Waals surface area contributed by atoms with Crippen LogP contribution in [0.25, 0.3) is 0 Å². The van der Waals surface area contributed by atoms with Gasteiger partial charge in [0, 0.05) is 0 Å². The molecule has 4 saturated carbocycles. The van der Waals surface area contributed by atoms with Crippen molar-refractivity contribution in [1.29, 1.82) is 0 Å². The van der Waals surface area contributed by atoms with Gasteiger partial charge in [0.25, 0.3) is 10.0 Å². The third-order valence-electron chi connectivity index (χ3n) is 7.46. The second kappa shape index (κ2) is 6.35. The highest BCUT2D eigenvalue weighted by molar-refractivity contribution is 7.92. The molecule has 4 heteroatoms. The highest BCUT2D eigenvalue weighted by atomic mass is 32.2. The first kappa shape index (κ1) is 18.2. The van der Waals surface area contributed by atoms with E-state index in [2.05, 4.69) is 22.9 Å². The van der Waals surface area contributed by atoms with Crippen molar-refractivity contribution < 1.29 is 8.42 Å². The molecule has 0 radical (unpaired) electrons. The molecule has 0 heterocycles. The standard InChI is InChI=1S/C24H29NO2S/c1-16-3-7-22(8-4-16)28(26,27)25-23-12-21(6-5-17(23)2)24-13-18-9-19(14-24)11-20(10-18)15-24/h3-8,12,18-20,25H,9-11,13-15H2,1-2H3. The van der Waals surface area contributed by atoms with Gasteiger partial charge in [-0.3, -0.25) is 4.72 Å². The number of sulfonamides is 1. The van der Waals surface area contributed by atoms with Crippen LogP contribution in [0.3, 0.4) is 0 Å². The Labute approximate surface area is 168 Å². The topological polar surface area (TPSA) is 46.2 Å². The van der Waals surface area contributed by atoms with Gasteiger partial charge in [-0.05, 0) is 105 Å². The van der Waals surface area contributed by atoms with E-state index in [1.165, 1.54) is 44.1 Å². The molecule has 2 aromatic carbocycles. The van der Waals surface area contributed by atoms with E-state index in [4.69, 9.17) is 0 Å². The van der Waals surface area contributed by atoms with Gasteiger partial charge in [-0.1, -0.05) is 29.8 Å². The lowest BCUT2D eigenvalue weighted by molar-refractivity contribution is -0.00516. The maximum absolute atomic E-state index is 12.9. The largest absolute Gasteiger partial charge is 0.279 e. The summed E-state index contributed by atoms with van der Waals surface area (Å²) < 4.78 is 28.7. The lowest BCUT2D eigenvalue weighted by Crippen LogP contribution is -2.48. The fourth-order valence-electron chi connectivity index (χ4n) is 6.45. The zero-order valence-electron chi connectivity index (χ0n) is 16.7. The van der Waals surface area contributed by atoms with Crippen LogP contribution in [0.1, 0.15) is 55.2 Å². The normalized spacial score (nSPS) is 31.1. The van der Waals surface area contributed by atoms with Crippen LogP contribution >= 0.6 is 0 Å². The molecule has 3 nitrogen and oxygen atoms in total. The molecular formula is C24H29NO2S. The van der Waals surface area contributed by atoms with Crippen LogP contribution in [0.5, 0.6) is 0 Å². The number of nitrogens with one attached hydrogen (secondary N) is 1. The average Bonchev–Trinajstić information content (AvgIpc) is 2.62. The summed E-state index contributed by atoms with van der Waals surface area (Å²) in [5.74, 6) is 2.63. The molecular weight excluding hydrogens is 366 g/mol. The summed E-state index contributed by atoms with van der Waals surface area (Å²) in [7, 11) is -3.58. The van der Waals surface area contributed by atoms with Crippen LogP contribution in [0, 0.1) is 31.6 Å². The summed E-state index contributed by atoms with van der Waals surface area (Å²) in [5.41, 5.74) is 4.38. The van der Waals surface area contributed by atoms with Gasteiger partial charge in [0.1, 0.15) is 0 Å². The van der Waals surface area contributed by atoms with Crippen LogP contribution in [-0.2, 0) is 15.4 Å². The van der Waals surface area contributed by atoms with Crippen molar-refractivity contribution in [2.45, 2.75) is 62.7 Å². The molecule has 4 aliphatic rings. The molecule has 28 heavy (non-hydrogen) atoms. The molecule has 1 N–H and O–H groups in total. The lowest BCUT2D eigenvalue weighted by atomic mass is 9.48. The molecule has 0 unspecified atom stereocenters. The monoisotopic (exact) mass is 395 g/mol. The van der Waals surface area contributed by atoms with E-state index < -0.39 is 10.0 Å². The second-order valence-electron chi connectivity index (χ2n) is 9.65. The van der Waals surface area contributed by atoms with Crippen molar-refractivity contribution in [1.82, 2.24) is 0 Å². The summed E-state index contributed by atoms with van der Waals surface area (Å²) in [4.78, 5) is 0.317. The van der Waals surface area contributed by atoms with E-state index >= 15 is 0 Å². The molecule has 4 aliphatic carbocycles. The van der Waals surface area contributed by atoms with Crippen LogP contribution in [0.15, 0.2) is 47.4 Å². The first-order valence-electron chi connectivity index (χ1n) is 10.5. The van der Waals surface area contributed by atoms with E-state index in [1.807, 2.05) is 26.0 Å². The Morgan fingerprint density at radius 2 is 1.43 bits per heavy atom. The van der Waals surface area contributed by atoms with Gasteiger partial charge in [-0.15, -0.1) is 0 Å². The van der Waals surface area contributed by atoms with Crippen LogP contribution in [0.4, 0.5) is 5.69 Å². The van der Waals surface area contributed by atoms with Crippen LogP contribution in [0.2, 0.25) is 0 Å². The van der Waals surface area contributed by atoms with Crippen LogP contribution in [-0.4, -0.2) is 8.42 Å². The summed E-state index contributed by atoms with van der Waals surface area (Å²) >= 11 is 0. The molecule has 148 valence electrons. The maximum Gasteiger partial charge on any atom is 0.261 e. The summed E-state index contributed by atoms with van der Waals surface area (Å²) in [6.45, 7) is 3.94. The zero-order valence-corrected chi connectivity index (χ0v) is 17.6. The summed E-state index contributed by atoms with van der Waals surface area (Å²) in [6, 6.07) is 13.5. The fourth-order valence-corrected chi connectivity index (χ4v) is 7.57. The van der Waals surface area contributed by atoms with Gasteiger partial charge in [0.15, 0.2) is 0 Å². The average molecular weight is 396 g/mol. The van der Waals surface area contributed by atoms with E-state index in [0.717, 1.165) is 34.6 Å². The number of anilines is 1. The molecule has 6 rings (SSSR count). The van der Waals surface area contributed by atoms with E-state index in [0.29, 0.717) is 4.90 Å². The third kappa shape index (κ3) is 3.06. The van der Waals surface area contributed by atoms with Crippen LogP contribution < -0.4 is 4.72 Å². The van der Waals surface area contributed by atoms with E-state index in [-0.39, 0.29) is 5.41 Å². The maximum atomic E-state index is 12.9. The van der Waals surface area contributed by atoms with Crippen molar-refractivity contribution in [3.05, 3.63) is 59.2 Å². The van der Waals surface area contributed by atoms with Gasteiger partial charge in [-0.2, -0.15) is 0 Å². The fraction of sp³-hybridized carbons (Fsp3) is 0.500. The SMILES string of the molecule is Cc1ccc(S(=O)(=O)Nc2cc(C34CC5CC(CC(C5)C3)C4)ccc2C)cc1.